The maximum absolute atomic E-state index is 13.5. The van der Waals surface area contributed by atoms with Crippen LogP contribution in [0.25, 0.3) is 11.3 Å². The van der Waals surface area contributed by atoms with Gasteiger partial charge in [0, 0.05) is 10.4 Å². The average molecular weight is 522 g/mol. The number of benzene rings is 1. The number of aromatic nitrogens is 2. The third-order valence-electron chi connectivity index (χ3n) is 5.51. The third-order valence-corrected chi connectivity index (χ3v) is 7.68. The number of methoxy groups -OCH3 is 1. The second-order valence-corrected chi connectivity index (χ2v) is 10.4. The zero-order valence-corrected chi connectivity index (χ0v) is 20.6. The first-order valence-electron chi connectivity index (χ1n) is 10.9. The predicted molar refractivity (Wildman–Crippen MR) is 129 cm³/mol. The zero-order chi connectivity index (χ0) is 25.2. The Labute approximate surface area is 208 Å². The highest BCUT2D eigenvalue weighted by molar-refractivity contribution is 8.00. The SMILES string of the molecule is COC(=O)c1c(NC(=O)[C@@H](C)Sc2nc(-c3ccccc3)cc(C(F)(F)F)n2)sc2c1CCCC2. The summed E-state index contributed by atoms with van der Waals surface area (Å²) in [4.78, 5) is 34.3. The summed E-state index contributed by atoms with van der Waals surface area (Å²) < 4.78 is 45.4. The number of carbonyl (C=O) groups excluding carboxylic acids is 2. The molecule has 0 aliphatic heterocycles. The van der Waals surface area contributed by atoms with E-state index in [9.17, 15) is 22.8 Å². The van der Waals surface area contributed by atoms with Gasteiger partial charge in [-0.3, -0.25) is 4.79 Å². The van der Waals surface area contributed by atoms with Crippen molar-refractivity contribution in [1.29, 1.82) is 0 Å². The van der Waals surface area contributed by atoms with E-state index in [0.717, 1.165) is 54.0 Å². The van der Waals surface area contributed by atoms with Gasteiger partial charge in [-0.15, -0.1) is 11.3 Å². The van der Waals surface area contributed by atoms with Crippen LogP contribution in [-0.2, 0) is 28.5 Å². The molecule has 1 N–H and O–H groups in total. The number of anilines is 1. The fraction of sp³-hybridized carbons (Fsp3) is 0.333. The third kappa shape index (κ3) is 5.67. The number of thiophene rings is 1. The number of fused-ring (bicyclic) bond motifs is 1. The lowest BCUT2D eigenvalue weighted by Gasteiger charge is -2.14. The number of esters is 1. The Kier molecular flexibility index (Phi) is 7.46. The number of ether oxygens (including phenoxy) is 1. The topological polar surface area (TPSA) is 81.2 Å². The maximum Gasteiger partial charge on any atom is 0.433 e. The van der Waals surface area contributed by atoms with Crippen LogP contribution in [0.15, 0.2) is 41.6 Å². The lowest BCUT2D eigenvalue weighted by molar-refractivity contribution is -0.141. The summed E-state index contributed by atoms with van der Waals surface area (Å²) in [6.07, 6.45) is -1.16. The normalized spacial score (nSPS) is 14.2. The smallest absolute Gasteiger partial charge is 0.433 e. The Bertz CT molecular complexity index is 1250. The van der Waals surface area contributed by atoms with E-state index in [2.05, 4.69) is 15.3 Å². The molecule has 1 amide bonds. The summed E-state index contributed by atoms with van der Waals surface area (Å²) >= 11 is 2.16. The summed E-state index contributed by atoms with van der Waals surface area (Å²) in [7, 11) is 1.29. The van der Waals surface area contributed by atoms with Crippen LogP contribution in [0.2, 0.25) is 0 Å². The fourth-order valence-corrected chi connectivity index (χ4v) is 5.84. The van der Waals surface area contributed by atoms with Crippen LogP contribution in [0, 0.1) is 0 Å². The van der Waals surface area contributed by atoms with Crippen LogP contribution >= 0.6 is 23.1 Å². The van der Waals surface area contributed by atoms with E-state index < -0.39 is 29.0 Å². The van der Waals surface area contributed by atoms with Crippen LogP contribution in [0.3, 0.4) is 0 Å². The molecular formula is C24H22F3N3O3S2. The molecule has 0 radical (unpaired) electrons. The van der Waals surface area contributed by atoms with Crippen LogP contribution in [0.5, 0.6) is 0 Å². The second-order valence-electron chi connectivity index (χ2n) is 7.94. The molecule has 35 heavy (non-hydrogen) atoms. The van der Waals surface area contributed by atoms with Crippen molar-refractivity contribution in [1.82, 2.24) is 9.97 Å². The van der Waals surface area contributed by atoms with Gasteiger partial charge in [-0.25, -0.2) is 14.8 Å². The van der Waals surface area contributed by atoms with E-state index in [0.29, 0.717) is 16.1 Å². The van der Waals surface area contributed by atoms with Crippen molar-refractivity contribution in [2.45, 2.75) is 49.2 Å². The molecule has 0 fully saturated rings. The number of thioether (sulfide) groups is 1. The molecule has 1 aliphatic carbocycles. The average Bonchev–Trinajstić information content (AvgIpc) is 3.21. The Hall–Kier alpha value is -2.92. The van der Waals surface area contributed by atoms with E-state index in [1.807, 2.05) is 0 Å². The maximum atomic E-state index is 13.5. The molecule has 0 saturated heterocycles. The van der Waals surface area contributed by atoms with Crippen molar-refractivity contribution in [3.05, 3.63) is 58.1 Å². The summed E-state index contributed by atoms with van der Waals surface area (Å²) in [5.74, 6) is -0.991. The summed E-state index contributed by atoms with van der Waals surface area (Å²) in [5.41, 5.74) is 0.797. The standard InChI is InChI=1S/C24H22F3N3O3S2/c1-13(20(31)30-21-19(22(32)33-2)15-10-6-7-11-17(15)35-21)34-23-28-16(14-8-4-3-5-9-14)12-18(29-23)24(25,26)27/h3-5,8-9,12-13H,6-7,10-11H2,1-2H3,(H,30,31)/t13-/m1/s1. The highest BCUT2D eigenvalue weighted by atomic mass is 32.2. The second kappa shape index (κ2) is 10.4. The van der Waals surface area contributed by atoms with Crippen LogP contribution in [-0.4, -0.2) is 34.2 Å². The molecule has 0 bridgehead atoms. The molecule has 0 saturated carbocycles. The zero-order valence-electron chi connectivity index (χ0n) is 18.9. The van der Waals surface area contributed by atoms with Crippen molar-refractivity contribution in [3.63, 3.8) is 0 Å². The van der Waals surface area contributed by atoms with E-state index in [1.165, 1.54) is 18.4 Å². The molecule has 2 aromatic heterocycles. The monoisotopic (exact) mass is 521 g/mol. The predicted octanol–water partition coefficient (Wildman–Crippen LogP) is 6.01. The molecule has 3 aromatic rings. The molecule has 0 spiro atoms. The van der Waals surface area contributed by atoms with Crippen molar-refractivity contribution < 1.29 is 27.5 Å². The number of nitrogens with one attached hydrogen (secondary N) is 1. The van der Waals surface area contributed by atoms with Crippen LogP contribution < -0.4 is 5.32 Å². The van der Waals surface area contributed by atoms with Crippen molar-refractivity contribution in [3.8, 4) is 11.3 Å². The number of halogens is 3. The molecule has 2 heterocycles. The number of rotatable bonds is 6. The Morgan fingerprint density at radius 2 is 1.86 bits per heavy atom. The van der Waals surface area contributed by atoms with Crippen molar-refractivity contribution in [2.75, 3.05) is 12.4 Å². The van der Waals surface area contributed by atoms with Crippen molar-refractivity contribution in [2.24, 2.45) is 0 Å². The molecule has 1 aromatic carbocycles. The van der Waals surface area contributed by atoms with E-state index in [-0.39, 0.29) is 10.9 Å². The Morgan fingerprint density at radius 1 is 1.14 bits per heavy atom. The first-order chi connectivity index (χ1) is 16.7. The first-order valence-corrected chi connectivity index (χ1v) is 12.6. The summed E-state index contributed by atoms with van der Waals surface area (Å²) in [6.45, 7) is 1.55. The van der Waals surface area contributed by atoms with Gasteiger partial charge in [0.25, 0.3) is 0 Å². The largest absolute Gasteiger partial charge is 0.465 e. The Balaban J connectivity index is 1.59. The van der Waals surface area contributed by atoms with Gasteiger partial charge < -0.3 is 10.1 Å². The molecule has 11 heteroatoms. The number of hydrogen-bond donors (Lipinski definition) is 1. The van der Waals surface area contributed by atoms with Gasteiger partial charge in [0.15, 0.2) is 5.16 Å². The molecule has 184 valence electrons. The number of aryl methyl sites for hydroxylation is 1. The quantitative estimate of drug-likeness (QED) is 0.243. The minimum Gasteiger partial charge on any atom is -0.465 e. The van der Waals surface area contributed by atoms with E-state index in [1.54, 1.807) is 37.3 Å². The molecular weight excluding hydrogens is 499 g/mol. The summed E-state index contributed by atoms with van der Waals surface area (Å²) in [5, 5.41) is 2.18. The van der Waals surface area contributed by atoms with E-state index >= 15 is 0 Å². The molecule has 4 rings (SSSR count). The summed E-state index contributed by atoms with van der Waals surface area (Å²) in [6, 6.07) is 9.35. The van der Waals surface area contributed by atoms with Gasteiger partial charge in [0.1, 0.15) is 10.7 Å². The molecule has 1 aliphatic rings. The van der Waals surface area contributed by atoms with Gasteiger partial charge in [-0.05, 0) is 44.2 Å². The minimum absolute atomic E-state index is 0.113. The van der Waals surface area contributed by atoms with Gasteiger partial charge in [0.05, 0.1) is 23.6 Å². The highest BCUT2D eigenvalue weighted by Gasteiger charge is 2.34. The molecule has 6 nitrogen and oxygen atoms in total. The van der Waals surface area contributed by atoms with E-state index in [4.69, 9.17) is 4.74 Å². The fourth-order valence-electron chi connectivity index (χ4n) is 3.78. The lowest BCUT2D eigenvalue weighted by atomic mass is 9.95. The number of alkyl halides is 3. The molecule has 0 unspecified atom stereocenters. The van der Waals surface area contributed by atoms with Crippen molar-refractivity contribution >= 4 is 40.0 Å². The van der Waals surface area contributed by atoms with Gasteiger partial charge in [0.2, 0.25) is 5.91 Å². The number of amides is 1. The van der Waals surface area contributed by atoms with Crippen LogP contribution in [0.4, 0.5) is 18.2 Å². The number of carbonyl (C=O) groups is 2. The van der Waals surface area contributed by atoms with Gasteiger partial charge in [-0.2, -0.15) is 13.2 Å². The first kappa shape index (κ1) is 25.2. The molecule has 1 atom stereocenters. The lowest BCUT2D eigenvalue weighted by Crippen LogP contribution is -2.23. The van der Waals surface area contributed by atoms with Gasteiger partial charge >= 0.3 is 12.1 Å². The number of hydrogen-bond acceptors (Lipinski definition) is 7. The Morgan fingerprint density at radius 3 is 2.54 bits per heavy atom. The highest BCUT2D eigenvalue weighted by Crippen LogP contribution is 2.39. The van der Waals surface area contributed by atoms with Gasteiger partial charge in [-0.1, -0.05) is 42.1 Å². The van der Waals surface area contributed by atoms with Crippen LogP contribution in [0.1, 0.15) is 46.3 Å². The minimum atomic E-state index is -4.67. The number of nitrogens with zero attached hydrogens (tertiary/aromatic N) is 2.